The van der Waals surface area contributed by atoms with Gasteiger partial charge in [-0.1, -0.05) is 41.8 Å². The second kappa shape index (κ2) is 5.40. The van der Waals surface area contributed by atoms with Gasteiger partial charge in [0, 0.05) is 5.92 Å². The molecule has 0 amide bonds. The fourth-order valence-electron chi connectivity index (χ4n) is 3.84. The van der Waals surface area contributed by atoms with Gasteiger partial charge in [-0.3, -0.25) is 0 Å². The zero-order chi connectivity index (χ0) is 14.4. The summed E-state index contributed by atoms with van der Waals surface area (Å²) in [7, 11) is 0. The van der Waals surface area contributed by atoms with Crippen LogP contribution in [0.1, 0.15) is 40.0 Å². The van der Waals surface area contributed by atoms with Gasteiger partial charge in [0.05, 0.1) is 0 Å². The van der Waals surface area contributed by atoms with Crippen molar-refractivity contribution in [1.29, 1.82) is 0 Å². The molecule has 108 valence electrons. The molecule has 0 aliphatic heterocycles. The third-order valence-electron chi connectivity index (χ3n) is 5.09. The van der Waals surface area contributed by atoms with Crippen LogP contribution in [0, 0.1) is 17.8 Å². The Kier molecular flexibility index (Phi) is 4.37. The van der Waals surface area contributed by atoms with Crippen LogP contribution in [0.3, 0.4) is 0 Å². The van der Waals surface area contributed by atoms with Crippen LogP contribution < -0.4 is 0 Å². The normalized spacial score (nSPS) is 42.4. The molecule has 4 heteroatoms. The molecule has 5 unspecified atom stereocenters. The Bertz CT molecular complexity index is 426. The Morgan fingerprint density at radius 3 is 2.58 bits per heavy atom. The number of hydrogen-bond donors (Lipinski definition) is 2. The third kappa shape index (κ3) is 2.49. The lowest BCUT2D eigenvalue weighted by atomic mass is 9.57. The largest absolute Gasteiger partial charge is 0.386 e. The summed E-state index contributed by atoms with van der Waals surface area (Å²) >= 11 is 11.9. The van der Waals surface area contributed by atoms with Gasteiger partial charge in [0.2, 0.25) is 0 Å². The van der Waals surface area contributed by atoms with Gasteiger partial charge < -0.3 is 10.2 Å². The van der Waals surface area contributed by atoms with Gasteiger partial charge in [0.15, 0.2) is 0 Å². The molecule has 1 fully saturated rings. The summed E-state index contributed by atoms with van der Waals surface area (Å²) in [6, 6.07) is 0. The molecular formula is C15H22Cl2O2. The highest BCUT2D eigenvalue weighted by Crippen LogP contribution is 2.52. The molecule has 5 atom stereocenters. The molecule has 19 heavy (non-hydrogen) atoms. The first-order valence-electron chi connectivity index (χ1n) is 6.88. The summed E-state index contributed by atoms with van der Waals surface area (Å²) < 4.78 is 0.295. The predicted octanol–water partition coefficient (Wildman–Crippen LogP) is 3.80. The number of allylic oxidation sites excluding steroid dienone is 2. The topological polar surface area (TPSA) is 40.5 Å². The first-order chi connectivity index (χ1) is 8.78. The number of halogens is 2. The van der Waals surface area contributed by atoms with E-state index >= 15 is 0 Å². The summed E-state index contributed by atoms with van der Waals surface area (Å²) in [5, 5.41) is 21.4. The molecule has 2 aliphatic rings. The van der Waals surface area contributed by atoms with Gasteiger partial charge in [-0.25, -0.2) is 0 Å². The quantitative estimate of drug-likeness (QED) is 0.723. The fourth-order valence-corrected chi connectivity index (χ4v) is 4.12. The first-order valence-corrected chi connectivity index (χ1v) is 7.63. The average molecular weight is 305 g/mol. The van der Waals surface area contributed by atoms with Gasteiger partial charge >= 0.3 is 0 Å². The smallest absolute Gasteiger partial charge is 0.106 e. The summed E-state index contributed by atoms with van der Waals surface area (Å²) in [4.78, 5) is 0. The second-order valence-electron chi connectivity index (χ2n) is 6.18. The van der Waals surface area contributed by atoms with Crippen LogP contribution in [-0.2, 0) is 0 Å². The van der Waals surface area contributed by atoms with E-state index < -0.39 is 11.7 Å². The van der Waals surface area contributed by atoms with Crippen molar-refractivity contribution in [2.75, 3.05) is 0 Å². The minimum atomic E-state index is -1.06. The number of rotatable bonds is 1. The van der Waals surface area contributed by atoms with Crippen molar-refractivity contribution in [2.24, 2.45) is 17.8 Å². The highest BCUT2D eigenvalue weighted by atomic mass is 35.5. The Balaban J connectivity index is 2.44. The van der Waals surface area contributed by atoms with E-state index in [4.69, 9.17) is 23.2 Å². The summed E-state index contributed by atoms with van der Waals surface area (Å²) in [6.07, 6.45) is 3.62. The number of hydrogen-bond acceptors (Lipinski definition) is 2. The van der Waals surface area contributed by atoms with E-state index in [1.54, 1.807) is 6.08 Å². The molecule has 2 N–H and O–H groups in total. The minimum Gasteiger partial charge on any atom is -0.386 e. The first kappa shape index (κ1) is 15.4. The molecule has 2 rings (SSSR count). The van der Waals surface area contributed by atoms with E-state index in [0.717, 1.165) is 30.4 Å². The molecule has 0 saturated heterocycles. The van der Waals surface area contributed by atoms with Crippen molar-refractivity contribution in [3.63, 3.8) is 0 Å². The SMILES string of the molecule is CC1=CC(O)C2(O)C(C)CCC(C(C)=C(Cl)Cl)C2C1. The molecule has 0 aromatic carbocycles. The van der Waals surface area contributed by atoms with Crippen molar-refractivity contribution in [1.82, 2.24) is 0 Å². The van der Waals surface area contributed by atoms with E-state index in [1.165, 1.54) is 0 Å². The highest BCUT2D eigenvalue weighted by molar-refractivity contribution is 6.56. The van der Waals surface area contributed by atoms with E-state index in [1.807, 2.05) is 20.8 Å². The van der Waals surface area contributed by atoms with Gasteiger partial charge in [-0.2, -0.15) is 0 Å². The lowest BCUT2D eigenvalue weighted by Crippen LogP contribution is -2.59. The monoisotopic (exact) mass is 304 g/mol. The van der Waals surface area contributed by atoms with Crippen molar-refractivity contribution in [3.8, 4) is 0 Å². The zero-order valence-electron chi connectivity index (χ0n) is 11.7. The standard InChI is InChI=1S/C15H22Cl2O2/c1-8-6-12-11(10(3)14(16)17)5-4-9(2)15(12,19)13(18)7-8/h7,9,11-13,18-19H,4-6H2,1-3H3. The molecule has 0 aromatic rings. The molecule has 2 aliphatic carbocycles. The Morgan fingerprint density at radius 1 is 1.37 bits per heavy atom. The van der Waals surface area contributed by atoms with E-state index in [0.29, 0.717) is 4.49 Å². The lowest BCUT2D eigenvalue weighted by Gasteiger charge is -2.53. The van der Waals surface area contributed by atoms with Crippen LogP contribution in [0.2, 0.25) is 0 Å². The molecular weight excluding hydrogens is 283 g/mol. The van der Waals surface area contributed by atoms with E-state index in [2.05, 4.69) is 0 Å². The highest BCUT2D eigenvalue weighted by Gasteiger charge is 2.54. The van der Waals surface area contributed by atoms with E-state index in [9.17, 15) is 10.2 Å². The maximum absolute atomic E-state index is 11.0. The fraction of sp³-hybridized carbons (Fsp3) is 0.733. The summed E-state index contributed by atoms with van der Waals surface area (Å²) in [5.41, 5.74) is 0.993. The Morgan fingerprint density at radius 2 is 2.00 bits per heavy atom. The molecule has 0 radical (unpaired) electrons. The van der Waals surface area contributed by atoms with Gasteiger partial charge in [-0.15, -0.1) is 0 Å². The third-order valence-corrected chi connectivity index (χ3v) is 5.69. The maximum atomic E-state index is 11.0. The van der Waals surface area contributed by atoms with Gasteiger partial charge in [0.25, 0.3) is 0 Å². The van der Waals surface area contributed by atoms with Crippen molar-refractivity contribution in [2.45, 2.75) is 51.7 Å². The second-order valence-corrected chi connectivity index (χ2v) is 7.13. The van der Waals surface area contributed by atoms with Gasteiger partial charge in [-0.05, 0) is 50.5 Å². The van der Waals surface area contributed by atoms with Crippen LogP contribution in [0.15, 0.2) is 21.7 Å². The maximum Gasteiger partial charge on any atom is 0.106 e. The van der Waals surface area contributed by atoms with Crippen LogP contribution >= 0.6 is 23.2 Å². The number of fused-ring (bicyclic) bond motifs is 1. The molecule has 0 bridgehead atoms. The molecule has 0 aromatic heterocycles. The lowest BCUT2D eigenvalue weighted by molar-refractivity contribution is -0.165. The molecule has 1 saturated carbocycles. The summed E-state index contributed by atoms with van der Waals surface area (Å²) in [6.45, 7) is 5.94. The van der Waals surface area contributed by atoms with Crippen LogP contribution in [0.25, 0.3) is 0 Å². The predicted molar refractivity (Wildman–Crippen MR) is 79.1 cm³/mol. The average Bonchev–Trinajstić information content (AvgIpc) is 2.33. The van der Waals surface area contributed by atoms with Crippen LogP contribution in [0.4, 0.5) is 0 Å². The van der Waals surface area contributed by atoms with Crippen molar-refractivity contribution < 1.29 is 10.2 Å². The molecule has 2 nitrogen and oxygen atoms in total. The van der Waals surface area contributed by atoms with Crippen molar-refractivity contribution >= 4 is 23.2 Å². The van der Waals surface area contributed by atoms with E-state index in [-0.39, 0.29) is 17.8 Å². The number of aliphatic hydroxyl groups is 2. The van der Waals surface area contributed by atoms with Crippen LogP contribution in [0.5, 0.6) is 0 Å². The number of aliphatic hydroxyl groups excluding tert-OH is 1. The molecule has 0 heterocycles. The van der Waals surface area contributed by atoms with Crippen molar-refractivity contribution in [3.05, 3.63) is 21.7 Å². The Hall–Kier alpha value is -0.0200. The molecule has 0 spiro atoms. The minimum absolute atomic E-state index is 0.0104. The Labute approximate surface area is 125 Å². The van der Waals surface area contributed by atoms with Crippen LogP contribution in [-0.4, -0.2) is 21.9 Å². The van der Waals surface area contributed by atoms with Gasteiger partial charge in [0.1, 0.15) is 16.2 Å². The zero-order valence-corrected chi connectivity index (χ0v) is 13.2. The summed E-state index contributed by atoms with van der Waals surface area (Å²) in [5.74, 6) is 0.211.